The summed E-state index contributed by atoms with van der Waals surface area (Å²) < 4.78 is 23.8. The molecular formula is C14H16ClFO2. The number of hydrogen-bond donors (Lipinski definition) is 0. The van der Waals surface area contributed by atoms with Gasteiger partial charge in [0.05, 0.1) is 17.5 Å². The molecule has 0 aliphatic heterocycles. The summed E-state index contributed by atoms with van der Waals surface area (Å²) in [7, 11) is 1.64. The van der Waals surface area contributed by atoms with E-state index in [1.165, 1.54) is 12.1 Å². The first-order chi connectivity index (χ1) is 8.67. The molecule has 98 valence electrons. The van der Waals surface area contributed by atoms with E-state index in [4.69, 9.17) is 21.1 Å². The SMILES string of the molecule is COCCC(C)Oc1ccc(F)cc1C#CCCl. The van der Waals surface area contributed by atoms with Crippen molar-refractivity contribution in [2.24, 2.45) is 0 Å². The number of ether oxygens (including phenoxy) is 2. The highest BCUT2D eigenvalue weighted by Crippen LogP contribution is 2.20. The highest BCUT2D eigenvalue weighted by molar-refractivity contribution is 6.19. The number of alkyl halides is 1. The van der Waals surface area contributed by atoms with Crippen LogP contribution in [0.2, 0.25) is 0 Å². The van der Waals surface area contributed by atoms with Crippen LogP contribution in [-0.4, -0.2) is 25.7 Å². The number of methoxy groups -OCH3 is 1. The van der Waals surface area contributed by atoms with Gasteiger partial charge >= 0.3 is 0 Å². The first kappa shape index (κ1) is 14.8. The number of benzene rings is 1. The Morgan fingerprint density at radius 2 is 2.22 bits per heavy atom. The van der Waals surface area contributed by atoms with Crippen molar-refractivity contribution >= 4 is 11.6 Å². The second-order valence-electron chi connectivity index (χ2n) is 3.79. The second kappa shape index (κ2) is 7.97. The minimum Gasteiger partial charge on any atom is -0.489 e. The Morgan fingerprint density at radius 1 is 1.44 bits per heavy atom. The van der Waals surface area contributed by atoms with Gasteiger partial charge in [-0.1, -0.05) is 11.8 Å². The van der Waals surface area contributed by atoms with Crippen molar-refractivity contribution in [3.05, 3.63) is 29.6 Å². The maximum absolute atomic E-state index is 13.1. The Bertz CT molecular complexity index is 437. The second-order valence-corrected chi connectivity index (χ2v) is 4.05. The molecule has 18 heavy (non-hydrogen) atoms. The molecule has 0 spiro atoms. The van der Waals surface area contributed by atoms with Gasteiger partial charge in [-0.15, -0.1) is 11.6 Å². The average Bonchev–Trinajstić information content (AvgIpc) is 2.36. The monoisotopic (exact) mass is 270 g/mol. The van der Waals surface area contributed by atoms with Crippen LogP contribution in [0.25, 0.3) is 0 Å². The maximum atomic E-state index is 13.1. The topological polar surface area (TPSA) is 18.5 Å². The number of rotatable bonds is 5. The first-order valence-electron chi connectivity index (χ1n) is 5.67. The van der Waals surface area contributed by atoms with Gasteiger partial charge in [-0.25, -0.2) is 4.39 Å². The zero-order valence-corrected chi connectivity index (χ0v) is 11.3. The summed E-state index contributed by atoms with van der Waals surface area (Å²) in [5, 5.41) is 0. The van der Waals surface area contributed by atoms with Crippen LogP contribution in [0, 0.1) is 17.7 Å². The molecule has 1 aromatic carbocycles. The average molecular weight is 271 g/mol. The third kappa shape index (κ3) is 4.95. The van der Waals surface area contributed by atoms with Crippen LogP contribution in [0.15, 0.2) is 18.2 Å². The Kier molecular flexibility index (Phi) is 6.56. The van der Waals surface area contributed by atoms with Crippen LogP contribution in [-0.2, 0) is 4.74 Å². The molecule has 0 aliphatic carbocycles. The van der Waals surface area contributed by atoms with E-state index in [1.54, 1.807) is 13.2 Å². The van der Waals surface area contributed by atoms with Gasteiger partial charge in [0.2, 0.25) is 0 Å². The lowest BCUT2D eigenvalue weighted by molar-refractivity contribution is 0.135. The standard InChI is InChI=1S/C14H16ClFO2/c1-11(7-9-17-2)18-14-6-5-13(16)10-12(14)4-3-8-15/h5-6,10-11H,7-9H2,1-2H3. The predicted molar refractivity (Wildman–Crippen MR) is 70.6 cm³/mol. The Labute approximate surface area is 112 Å². The number of hydrogen-bond acceptors (Lipinski definition) is 2. The van der Waals surface area contributed by atoms with Crippen LogP contribution in [0.1, 0.15) is 18.9 Å². The van der Waals surface area contributed by atoms with Gasteiger partial charge in [0.1, 0.15) is 11.6 Å². The molecule has 0 saturated heterocycles. The molecular weight excluding hydrogens is 255 g/mol. The zero-order chi connectivity index (χ0) is 13.4. The van der Waals surface area contributed by atoms with Gasteiger partial charge in [-0.05, 0) is 25.1 Å². The quantitative estimate of drug-likeness (QED) is 0.604. The lowest BCUT2D eigenvalue weighted by Gasteiger charge is -2.15. The molecule has 0 fully saturated rings. The van der Waals surface area contributed by atoms with Gasteiger partial charge in [0, 0.05) is 20.1 Å². The first-order valence-corrected chi connectivity index (χ1v) is 6.20. The Morgan fingerprint density at radius 3 is 2.89 bits per heavy atom. The number of halogens is 2. The van der Waals surface area contributed by atoms with Crippen molar-refractivity contribution in [3.8, 4) is 17.6 Å². The van der Waals surface area contributed by atoms with Crippen LogP contribution >= 0.6 is 11.6 Å². The van der Waals surface area contributed by atoms with Gasteiger partial charge in [0.25, 0.3) is 0 Å². The molecule has 0 aromatic heterocycles. The van der Waals surface area contributed by atoms with Crippen molar-refractivity contribution in [2.45, 2.75) is 19.4 Å². The lowest BCUT2D eigenvalue weighted by atomic mass is 10.2. The van der Waals surface area contributed by atoms with E-state index in [9.17, 15) is 4.39 Å². The normalized spacial score (nSPS) is 11.6. The van der Waals surface area contributed by atoms with E-state index >= 15 is 0 Å². The molecule has 1 aromatic rings. The predicted octanol–water partition coefficient (Wildman–Crippen LogP) is 3.22. The third-order valence-electron chi connectivity index (χ3n) is 2.29. The summed E-state index contributed by atoms with van der Waals surface area (Å²) in [5.74, 6) is 5.91. The van der Waals surface area contributed by atoms with Crippen molar-refractivity contribution in [2.75, 3.05) is 19.6 Å². The fourth-order valence-corrected chi connectivity index (χ4v) is 1.46. The van der Waals surface area contributed by atoms with Gasteiger partial charge < -0.3 is 9.47 Å². The summed E-state index contributed by atoms with van der Waals surface area (Å²) in [4.78, 5) is 0. The molecule has 0 amide bonds. The van der Waals surface area contributed by atoms with Crippen molar-refractivity contribution < 1.29 is 13.9 Å². The smallest absolute Gasteiger partial charge is 0.135 e. The van der Waals surface area contributed by atoms with E-state index in [2.05, 4.69) is 11.8 Å². The van der Waals surface area contributed by atoms with E-state index in [0.29, 0.717) is 17.9 Å². The largest absolute Gasteiger partial charge is 0.489 e. The van der Waals surface area contributed by atoms with Gasteiger partial charge in [0.15, 0.2) is 0 Å². The Balaban J connectivity index is 2.80. The molecule has 0 N–H and O–H groups in total. The minimum absolute atomic E-state index is 0.0213. The molecule has 0 saturated carbocycles. The highest BCUT2D eigenvalue weighted by Gasteiger charge is 2.08. The van der Waals surface area contributed by atoms with Gasteiger partial charge in [-0.2, -0.15) is 0 Å². The van der Waals surface area contributed by atoms with Crippen LogP contribution in [0.5, 0.6) is 5.75 Å². The molecule has 4 heteroatoms. The summed E-state index contributed by atoms with van der Waals surface area (Å²) in [6.45, 7) is 2.55. The summed E-state index contributed by atoms with van der Waals surface area (Å²) >= 11 is 5.49. The van der Waals surface area contributed by atoms with E-state index in [-0.39, 0.29) is 17.8 Å². The molecule has 1 atom stereocenters. The van der Waals surface area contributed by atoms with E-state index in [0.717, 1.165) is 6.42 Å². The van der Waals surface area contributed by atoms with Crippen molar-refractivity contribution in [1.82, 2.24) is 0 Å². The molecule has 1 unspecified atom stereocenters. The summed E-state index contributed by atoms with van der Waals surface area (Å²) in [6.07, 6.45) is 0.739. The van der Waals surface area contributed by atoms with Crippen LogP contribution < -0.4 is 4.74 Å². The summed E-state index contributed by atoms with van der Waals surface area (Å²) in [6, 6.07) is 4.28. The zero-order valence-electron chi connectivity index (χ0n) is 10.5. The summed E-state index contributed by atoms with van der Waals surface area (Å²) in [5.41, 5.74) is 0.514. The van der Waals surface area contributed by atoms with E-state index in [1.807, 2.05) is 6.92 Å². The van der Waals surface area contributed by atoms with E-state index < -0.39 is 0 Å². The molecule has 1 rings (SSSR count). The van der Waals surface area contributed by atoms with Crippen molar-refractivity contribution in [1.29, 1.82) is 0 Å². The molecule has 0 radical (unpaired) electrons. The van der Waals surface area contributed by atoms with Crippen LogP contribution in [0.4, 0.5) is 4.39 Å². The van der Waals surface area contributed by atoms with Crippen molar-refractivity contribution in [3.63, 3.8) is 0 Å². The molecule has 0 heterocycles. The maximum Gasteiger partial charge on any atom is 0.135 e. The van der Waals surface area contributed by atoms with Gasteiger partial charge in [-0.3, -0.25) is 0 Å². The highest BCUT2D eigenvalue weighted by atomic mass is 35.5. The van der Waals surface area contributed by atoms with Crippen LogP contribution in [0.3, 0.4) is 0 Å². The molecule has 0 bridgehead atoms. The lowest BCUT2D eigenvalue weighted by Crippen LogP contribution is -2.14. The fraction of sp³-hybridized carbons (Fsp3) is 0.429. The Hall–Kier alpha value is -1.24. The molecule has 2 nitrogen and oxygen atoms in total. The fourth-order valence-electron chi connectivity index (χ4n) is 1.39. The minimum atomic E-state index is -0.342. The third-order valence-corrected chi connectivity index (χ3v) is 2.42. The molecule has 0 aliphatic rings.